The molecular formula is C20H21F3N2O. The van der Waals surface area contributed by atoms with Crippen molar-refractivity contribution in [1.29, 1.82) is 0 Å². The molecule has 0 aromatic heterocycles. The van der Waals surface area contributed by atoms with Crippen LogP contribution >= 0.6 is 0 Å². The van der Waals surface area contributed by atoms with Crippen molar-refractivity contribution in [3.8, 4) is 0 Å². The molecule has 0 spiro atoms. The number of benzene rings is 2. The smallest absolute Gasteiger partial charge is 0.319 e. The minimum absolute atomic E-state index is 0.0428. The fourth-order valence-corrected chi connectivity index (χ4v) is 3.28. The molecule has 3 nitrogen and oxygen atoms in total. The van der Waals surface area contributed by atoms with E-state index in [1.165, 1.54) is 12.1 Å². The van der Waals surface area contributed by atoms with Gasteiger partial charge in [0, 0.05) is 6.54 Å². The molecular weight excluding hydrogens is 341 g/mol. The highest BCUT2D eigenvalue weighted by Gasteiger charge is 2.43. The second-order valence-corrected chi connectivity index (χ2v) is 7.06. The number of carbonyl (C=O) groups excluding carboxylic acids is 1. The lowest BCUT2D eigenvalue weighted by Gasteiger charge is -2.31. The lowest BCUT2D eigenvalue weighted by molar-refractivity contribution is -0.137. The summed E-state index contributed by atoms with van der Waals surface area (Å²) in [6.45, 7) is 4.35. The van der Waals surface area contributed by atoms with Gasteiger partial charge in [-0.2, -0.15) is 13.2 Å². The molecule has 2 aromatic rings. The van der Waals surface area contributed by atoms with E-state index in [2.05, 4.69) is 5.32 Å². The van der Waals surface area contributed by atoms with E-state index in [-0.39, 0.29) is 5.91 Å². The third kappa shape index (κ3) is 3.90. The van der Waals surface area contributed by atoms with Gasteiger partial charge in [-0.1, -0.05) is 42.5 Å². The first-order chi connectivity index (χ1) is 12.2. The number of alkyl halides is 3. The van der Waals surface area contributed by atoms with Crippen molar-refractivity contribution >= 4 is 5.91 Å². The van der Waals surface area contributed by atoms with Crippen LogP contribution in [0.1, 0.15) is 30.5 Å². The third-order valence-corrected chi connectivity index (χ3v) is 4.67. The molecule has 26 heavy (non-hydrogen) atoms. The molecule has 1 heterocycles. The number of nitrogens with zero attached hydrogens (tertiary/aromatic N) is 1. The monoisotopic (exact) mass is 362 g/mol. The standard InChI is InChI=1S/C20H21F3N2O/c1-19(2)24-17(12-14-8-10-16(11-9-14)20(21,22)23)18(26)25(19)13-15-6-4-3-5-7-15/h3-11,17,24H,12-13H2,1-2H3/t17-/m0/s1. The van der Waals surface area contributed by atoms with Gasteiger partial charge in [-0.05, 0) is 43.5 Å². The number of amides is 1. The van der Waals surface area contributed by atoms with Crippen LogP contribution < -0.4 is 5.32 Å². The Morgan fingerprint density at radius 3 is 2.19 bits per heavy atom. The van der Waals surface area contributed by atoms with Crippen molar-refractivity contribution < 1.29 is 18.0 Å². The van der Waals surface area contributed by atoms with E-state index in [1.807, 2.05) is 44.2 Å². The second kappa shape index (κ2) is 6.76. The van der Waals surface area contributed by atoms with Crippen molar-refractivity contribution in [3.63, 3.8) is 0 Å². The molecule has 1 N–H and O–H groups in total. The Kier molecular flexibility index (Phi) is 4.80. The molecule has 0 radical (unpaired) electrons. The predicted molar refractivity (Wildman–Crippen MR) is 93.1 cm³/mol. The van der Waals surface area contributed by atoms with Crippen LogP contribution in [0.4, 0.5) is 13.2 Å². The topological polar surface area (TPSA) is 32.3 Å². The molecule has 0 unspecified atom stereocenters. The average Bonchev–Trinajstić information content (AvgIpc) is 2.78. The molecule has 1 saturated heterocycles. The average molecular weight is 362 g/mol. The van der Waals surface area contributed by atoms with Crippen LogP contribution in [0.2, 0.25) is 0 Å². The second-order valence-electron chi connectivity index (χ2n) is 7.06. The van der Waals surface area contributed by atoms with Crippen molar-refractivity contribution in [2.24, 2.45) is 0 Å². The number of nitrogens with one attached hydrogen (secondary N) is 1. The van der Waals surface area contributed by atoms with E-state index in [4.69, 9.17) is 0 Å². The van der Waals surface area contributed by atoms with Gasteiger partial charge in [0.1, 0.15) is 0 Å². The highest BCUT2D eigenvalue weighted by Crippen LogP contribution is 2.30. The first-order valence-electron chi connectivity index (χ1n) is 8.46. The Morgan fingerprint density at radius 1 is 1.00 bits per heavy atom. The largest absolute Gasteiger partial charge is 0.416 e. The number of rotatable bonds is 4. The zero-order valence-corrected chi connectivity index (χ0v) is 14.7. The van der Waals surface area contributed by atoms with Crippen LogP contribution in [0.5, 0.6) is 0 Å². The summed E-state index contributed by atoms with van der Waals surface area (Å²) in [7, 11) is 0. The van der Waals surface area contributed by atoms with Crippen LogP contribution in [0.25, 0.3) is 0 Å². The predicted octanol–water partition coefficient (Wildman–Crippen LogP) is 3.98. The molecule has 3 rings (SSSR count). The lowest BCUT2D eigenvalue weighted by atomic mass is 10.0. The molecule has 0 saturated carbocycles. The van der Waals surface area contributed by atoms with Gasteiger partial charge in [0.25, 0.3) is 0 Å². The number of hydrogen-bond acceptors (Lipinski definition) is 2. The minimum Gasteiger partial charge on any atom is -0.319 e. The highest BCUT2D eigenvalue weighted by molar-refractivity contribution is 5.85. The Morgan fingerprint density at radius 2 is 1.62 bits per heavy atom. The molecule has 0 bridgehead atoms. The number of carbonyl (C=O) groups is 1. The van der Waals surface area contributed by atoms with Crippen LogP contribution in [-0.2, 0) is 23.9 Å². The molecule has 1 amide bonds. The maximum atomic E-state index is 12.8. The summed E-state index contributed by atoms with van der Waals surface area (Å²) in [5.74, 6) is -0.0428. The van der Waals surface area contributed by atoms with Gasteiger partial charge >= 0.3 is 6.18 Å². The quantitative estimate of drug-likeness (QED) is 0.892. The van der Waals surface area contributed by atoms with Crippen LogP contribution in [-0.4, -0.2) is 22.5 Å². The summed E-state index contributed by atoms with van der Waals surface area (Å²) in [6, 6.07) is 14.2. The van der Waals surface area contributed by atoms with Crippen molar-refractivity contribution in [2.75, 3.05) is 0 Å². The van der Waals surface area contributed by atoms with Crippen molar-refractivity contribution in [1.82, 2.24) is 10.2 Å². The fraction of sp³-hybridized carbons (Fsp3) is 0.350. The summed E-state index contributed by atoms with van der Waals surface area (Å²) < 4.78 is 38.0. The Bertz CT molecular complexity index is 770. The molecule has 138 valence electrons. The van der Waals surface area contributed by atoms with Gasteiger partial charge in [0.2, 0.25) is 5.91 Å². The van der Waals surface area contributed by atoms with Crippen molar-refractivity contribution in [2.45, 2.75) is 44.7 Å². The molecule has 1 aliphatic rings. The van der Waals surface area contributed by atoms with Gasteiger partial charge in [0.15, 0.2) is 0 Å². The SMILES string of the molecule is CC1(C)N[C@@H](Cc2ccc(C(F)(F)F)cc2)C(=O)N1Cc1ccccc1. The lowest BCUT2D eigenvalue weighted by Crippen LogP contribution is -2.46. The minimum atomic E-state index is -4.35. The molecule has 1 atom stereocenters. The van der Waals surface area contributed by atoms with Crippen LogP contribution in [0.15, 0.2) is 54.6 Å². The Hall–Kier alpha value is -2.34. The molecule has 2 aromatic carbocycles. The zero-order valence-electron chi connectivity index (χ0n) is 14.7. The van der Waals surface area contributed by atoms with E-state index >= 15 is 0 Å². The molecule has 0 aliphatic carbocycles. The van der Waals surface area contributed by atoms with Crippen molar-refractivity contribution in [3.05, 3.63) is 71.3 Å². The summed E-state index contributed by atoms with van der Waals surface area (Å²) >= 11 is 0. The molecule has 6 heteroatoms. The van der Waals surface area contributed by atoms with Gasteiger partial charge in [-0.3, -0.25) is 10.1 Å². The normalized spacial score (nSPS) is 19.8. The summed E-state index contributed by atoms with van der Waals surface area (Å²) in [5, 5.41) is 3.30. The number of hydrogen-bond donors (Lipinski definition) is 1. The molecule has 1 fully saturated rings. The van der Waals surface area contributed by atoms with Crippen LogP contribution in [0, 0.1) is 0 Å². The summed E-state index contributed by atoms with van der Waals surface area (Å²) in [6.07, 6.45) is -4.00. The van der Waals surface area contributed by atoms with E-state index in [0.29, 0.717) is 18.5 Å². The maximum absolute atomic E-state index is 12.8. The van der Waals surface area contributed by atoms with Gasteiger partial charge in [-0.25, -0.2) is 0 Å². The summed E-state index contributed by atoms with van der Waals surface area (Å²) in [4.78, 5) is 14.6. The Labute approximate surface area is 150 Å². The highest BCUT2D eigenvalue weighted by atomic mass is 19.4. The Balaban J connectivity index is 1.72. The first-order valence-corrected chi connectivity index (χ1v) is 8.46. The first kappa shape index (κ1) is 18.5. The molecule has 1 aliphatic heterocycles. The van der Waals surface area contributed by atoms with E-state index in [1.54, 1.807) is 4.90 Å². The van der Waals surface area contributed by atoms with Crippen LogP contribution in [0.3, 0.4) is 0 Å². The number of halogens is 3. The van der Waals surface area contributed by atoms with Gasteiger partial charge in [-0.15, -0.1) is 0 Å². The van der Waals surface area contributed by atoms with Gasteiger partial charge < -0.3 is 4.90 Å². The zero-order chi connectivity index (χ0) is 18.9. The summed E-state index contributed by atoms with van der Waals surface area (Å²) in [5.41, 5.74) is 0.522. The third-order valence-electron chi connectivity index (χ3n) is 4.67. The maximum Gasteiger partial charge on any atom is 0.416 e. The van der Waals surface area contributed by atoms with E-state index < -0.39 is 23.4 Å². The van der Waals surface area contributed by atoms with Gasteiger partial charge in [0.05, 0.1) is 17.3 Å². The van der Waals surface area contributed by atoms with E-state index in [9.17, 15) is 18.0 Å². The van der Waals surface area contributed by atoms with E-state index in [0.717, 1.165) is 17.7 Å². The fourth-order valence-electron chi connectivity index (χ4n) is 3.28.